The molecule has 21 heavy (non-hydrogen) atoms. The number of esters is 1. The molecule has 2 rings (SSSR count). The maximum atomic E-state index is 11.7. The molecule has 1 aromatic heterocycles. The van der Waals surface area contributed by atoms with Crippen LogP contribution in [0.25, 0.3) is 0 Å². The van der Waals surface area contributed by atoms with Gasteiger partial charge in [-0.2, -0.15) is 0 Å². The van der Waals surface area contributed by atoms with Crippen molar-refractivity contribution in [2.75, 3.05) is 51.5 Å². The van der Waals surface area contributed by atoms with Crippen molar-refractivity contribution in [2.24, 2.45) is 0 Å². The standard InChI is InChI=1S/C14H22N4O2S/c1-10-11(9-12(19)20-3)13(16-14(15-10)21-4)18-7-5-17(2)6-8-18/h5-9H2,1-4H3. The lowest BCUT2D eigenvalue weighted by molar-refractivity contribution is -0.139. The van der Waals surface area contributed by atoms with Crippen LogP contribution in [-0.4, -0.2) is 67.4 Å². The molecular formula is C14H22N4O2S. The summed E-state index contributed by atoms with van der Waals surface area (Å²) in [7, 11) is 3.52. The van der Waals surface area contributed by atoms with E-state index < -0.39 is 0 Å². The number of thioether (sulfide) groups is 1. The van der Waals surface area contributed by atoms with Crippen LogP contribution < -0.4 is 4.90 Å². The molecule has 1 aromatic rings. The molecule has 0 amide bonds. The van der Waals surface area contributed by atoms with Gasteiger partial charge in [0, 0.05) is 37.4 Å². The molecule has 0 N–H and O–H groups in total. The van der Waals surface area contributed by atoms with E-state index in [0.717, 1.165) is 48.4 Å². The monoisotopic (exact) mass is 310 g/mol. The van der Waals surface area contributed by atoms with Gasteiger partial charge in [-0.15, -0.1) is 0 Å². The lowest BCUT2D eigenvalue weighted by atomic mass is 10.1. The molecule has 2 heterocycles. The molecule has 0 aliphatic carbocycles. The van der Waals surface area contributed by atoms with Gasteiger partial charge in [-0.25, -0.2) is 9.97 Å². The van der Waals surface area contributed by atoms with Gasteiger partial charge in [0.2, 0.25) is 0 Å². The number of methoxy groups -OCH3 is 1. The fourth-order valence-corrected chi connectivity index (χ4v) is 2.76. The average molecular weight is 310 g/mol. The lowest BCUT2D eigenvalue weighted by Gasteiger charge is -2.34. The zero-order valence-corrected chi connectivity index (χ0v) is 13.9. The number of anilines is 1. The van der Waals surface area contributed by atoms with Gasteiger partial charge < -0.3 is 14.5 Å². The fraction of sp³-hybridized carbons (Fsp3) is 0.643. The minimum atomic E-state index is -0.256. The molecule has 0 spiro atoms. The van der Waals surface area contributed by atoms with Crippen molar-refractivity contribution in [3.63, 3.8) is 0 Å². The minimum absolute atomic E-state index is 0.221. The van der Waals surface area contributed by atoms with Crippen LogP contribution in [0, 0.1) is 6.92 Å². The molecule has 0 saturated carbocycles. The van der Waals surface area contributed by atoms with Gasteiger partial charge in [0.1, 0.15) is 5.82 Å². The summed E-state index contributed by atoms with van der Waals surface area (Å²) in [6.07, 6.45) is 2.18. The summed E-state index contributed by atoms with van der Waals surface area (Å²) in [6, 6.07) is 0. The van der Waals surface area contributed by atoms with E-state index in [-0.39, 0.29) is 12.4 Å². The maximum Gasteiger partial charge on any atom is 0.310 e. The molecular weight excluding hydrogens is 288 g/mol. The maximum absolute atomic E-state index is 11.7. The molecule has 0 atom stereocenters. The van der Waals surface area contributed by atoms with E-state index in [0.29, 0.717) is 0 Å². The molecule has 0 aromatic carbocycles. The number of nitrogens with zero attached hydrogens (tertiary/aromatic N) is 4. The summed E-state index contributed by atoms with van der Waals surface area (Å²) in [5.74, 6) is 0.624. The second-order valence-electron chi connectivity index (χ2n) is 5.14. The van der Waals surface area contributed by atoms with Gasteiger partial charge in [0.05, 0.1) is 13.5 Å². The zero-order chi connectivity index (χ0) is 15.4. The van der Waals surface area contributed by atoms with E-state index in [1.54, 1.807) is 0 Å². The number of likely N-dealkylation sites (N-methyl/N-ethyl adjacent to an activating group) is 1. The van der Waals surface area contributed by atoms with Gasteiger partial charge in [-0.05, 0) is 20.2 Å². The molecule has 1 fully saturated rings. The van der Waals surface area contributed by atoms with Crippen LogP contribution in [-0.2, 0) is 16.0 Å². The molecule has 6 nitrogen and oxygen atoms in total. The van der Waals surface area contributed by atoms with Crippen molar-refractivity contribution in [3.8, 4) is 0 Å². The van der Waals surface area contributed by atoms with Crippen LogP contribution in [0.3, 0.4) is 0 Å². The van der Waals surface area contributed by atoms with Crippen LogP contribution >= 0.6 is 11.8 Å². The largest absolute Gasteiger partial charge is 0.469 e. The number of aromatic nitrogens is 2. The Labute approximate surface area is 129 Å². The zero-order valence-electron chi connectivity index (χ0n) is 13.0. The van der Waals surface area contributed by atoms with Crippen molar-refractivity contribution in [3.05, 3.63) is 11.3 Å². The number of aryl methyl sites for hydroxylation is 1. The molecule has 1 aliphatic heterocycles. The molecule has 0 radical (unpaired) electrons. The number of ether oxygens (including phenoxy) is 1. The Bertz CT molecular complexity index is 516. The third-order valence-electron chi connectivity index (χ3n) is 3.71. The number of hydrogen-bond donors (Lipinski definition) is 0. The van der Waals surface area contributed by atoms with E-state index in [9.17, 15) is 4.79 Å². The highest BCUT2D eigenvalue weighted by Crippen LogP contribution is 2.25. The quantitative estimate of drug-likeness (QED) is 0.466. The second-order valence-corrected chi connectivity index (χ2v) is 5.91. The average Bonchev–Trinajstić information content (AvgIpc) is 2.49. The molecule has 1 aliphatic rings. The van der Waals surface area contributed by atoms with Crippen LogP contribution in [0.2, 0.25) is 0 Å². The van der Waals surface area contributed by atoms with E-state index in [1.807, 2.05) is 13.2 Å². The molecule has 0 bridgehead atoms. The Morgan fingerprint density at radius 3 is 2.52 bits per heavy atom. The highest BCUT2D eigenvalue weighted by Gasteiger charge is 2.22. The third-order valence-corrected chi connectivity index (χ3v) is 4.25. The summed E-state index contributed by atoms with van der Waals surface area (Å²) in [6.45, 7) is 5.74. The fourth-order valence-electron chi connectivity index (χ4n) is 2.35. The smallest absolute Gasteiger partial charge is 0.310 e. The predicted molar refractivity (Wildman–Crippen MR) is 84.0 cm³/mol. The van der Waals surface area contributed by atoms with E-state index in [1.165, 1.54) is 18.9 Å². The van der Waals surface area contributed by atoms with Crippen LogP contribution in [0.15, 0.2) is 5.16 Å². The highest BCUT2D eigenvalue weighted by molar-refractivity contribution is 7.98. The number of rotatable bonds is 4. The van der Waals surface area contributed by atoms with E-state index in [2.05, 4.69) is 26.8 Å². The van der Waals surface area contributed by atoms with Gasteiger partial charge in [-0.3, -0.25) is 4.79 Å². The first-order chi connectivity index (χ1) is 10.0. The number of carbonyl (C=O) groups is 1. The first-order valence-electron chi connectivity index (χ1n) is 6.97. The summed E-state index contributed by atoms with van der Waals surface area (Å²) >= 11 is 1.52. The van der Waals surface area contributed by atoms with Gasteiger partial charge >= 0.3 is 5.97 Å². The Morgan fingerprint density at radius 2 is 1.95 bits per heavy atom. The first-order valence-corrected chi connectivity index (χ1v) is 8.19. The van der Waals surface area contributed by atoms with Crippen LogP contribution in [0.1, 0.15) is 11.3 Å². The Balaban J connectivity index is 2.35. The molecule has 0 unspecified atom stereocenters. The van der Waals surface area contributed by atoms with Crippen LogP contribution in [0.4, 0.5) is 5.82 Å². The van der Waals surface area contributed by atoms with Crippen molar-refractivity contribution >= 4 is 23.5 Å². The first kappa shape index (κ1) is 16.0. The normalized spacial score (nSPS) is 16.1. The Kier molecular flexibility index (Phi) is 5.41. The third kappa shape index (κ3) is 3.85. The van der Waals surface area contributed by atoms with E-state index >= 15 is 0 Å². The number of carbonyl (C=O) groups excluding carboxylic acids is 1. The highest BCUT2D eigenvalue weighted by atomic mass is 32.2. The second kappa shape index (κ2) is 7.09. The van der Waals surface area contributed by atoms with Gasteiger partial charge in [-0.1, -0.05) is 11.8 Å². The molecule has 116 valence electrons. The topological polar surface area (TPSA) is 58.6 Å². The molecule has 1 saturated heterocycles. The van der Waals surface area contributed by atoms with Crippen molar-refractivity contribution in [1.82, 2.24) is 14.9 Å². The van der Waals surface area contributed by atoms with Crippen molar-refractivity contribution in [1.29, 1.82) is 0 Å². The summed E-state index contributed by atoms with van der Waals surface area (Å²) < 4.78 is 4.80. The van der Waals surface area contributed by atoms with Gasteiger partial charge in [0.15, 0.2) is 5.16 Å². The molecule has 7 heteroatoms. The summed E-state index contributed by atoms with van der Waals surface area (Å²) in [5, 5.41) is 0.745. The number of hydrogen-bond acceptors (Lipinski definition) is 7. The van der Waals surface area contributed by atoms with Crippen LogP contribution in [0.5, 0.6) is 0 Å². The predicted octanol–water partition coefficient (Wildman–Crippen LogP) is 0.974. The summed E-state index contributed by atoms with van der Waals surface area (Å²) in [5.41, 5.74) is 1.73. The van der Waals surface area contributed by atoms with E-state index in [4.69, 9.17) is 4.74 Å². The summed E-state index contributed by atoms with van der Waals surface area (Å²) in [4.78, 5) is 25.3. The van der Waals surface area contributed by atoms with Crippen molar-refractivity contribution in [2.45, 2.75) is 18.5 Å². The minimum Gasteiger partial charge on any atom is -0.469 e. The SMILES string of the molecule is COC(=O)Cc1c(C)nc(SC)nc1N1CCN(C)CC1. The van der Waals surface area contributed by atoms with Gasteiger partial charge in [0.25, 0.3) is 0 Å². The Hall–Kier alpha value is -1.34. The lowest BCUT2D eigenvalue weighted by Crippen LogP contribution is -2.45. The Morgan fingerprint density at radius 1 is 1.29 bits per heavy atom. The number of piperazine rings is 1. The van der Waals surface area contributed by atoms with Crippen molar-refractivity contribution < 1.29 is 9.53 Å².